The van der Waals surface area contributed by atoms with Gasteiger partial charge in [0, 0.05) is 19.3 Å². The van der Waals surface area contributed by atoms with Crippen LogP contribution in [0, 0.1) is 0 Å². The highest BCUT2D eigenvalue weighted by molar-refractivity contribution is 6.37. The van der Waals surface area contributed by atoms with Crippen LogP contribution < -0.4 is 10.1 Å². The number of halogens is 2. The summed E-state index contributed by atoms with van der Waals surface area (Å²) in [7, 11) is 0. The van der Waals surface area contributed by atoms with Gasteiger partial charge in [-0.1, -0.05) is 59.6 Å². The van der Waals surface area contributed by atoms with Crippen LogP contribution in [0.4, 0.5) is 0 Å². The maximum absolute atomic E-state index is 6.35. The molecule has 3 rings (SSSR count). The molecule has 0 aliphatic rings. The van der Waals surface area contributed by atoms with Crippen LogP contribution in [-0.4, -0.2) is 4.98 Å². The molecule has 0 spiro atoms. The van der Waals surface area contributed by atoms with E-state index in [-0.39, 0.29) is 0 Å². The fraction of sp³-hybridized carbons (Fsp3) is 0.150. The maximum atomic E-state index is 6.35. The summed E-state index contributed by atoms with van der Waals surface area (Å²) in [6, 6.07) is 19.5. The molecule has 1 aromatic heterocycles. The van der Waals surface area contributed by atoms with Gasteiger partial charge in [-0.3, -0.25) is 4.98 Å². The second kappa shape index (κ2) is 8.86. The van der Waals surface area contributed by atoms with Gasteiger partial charge in [0.05, 0.1) is 15.7 Å². The second-order valence-corrected chi connectivity index (χ2v) is 6.40. The van der Waals surface area contributed by atoms with Crippen molar-refractivity contribution in [1.82, 2.24) is 10.3 Å². The molecule has 0 aliphatic carbocycles. The van der Waals surface area contributed by atoms with Crippen molar-refractivity contribution in [2.75, 3.05) is 0 Å². The van der Waals surface area contributed by atoms with Crippen LogP contribution in [0.3, 0.4) is 0 Å². The van der Waals surface area contributed by atoms with Crippen molar-refractivity contribution in [3.63, 3.8) is 0 Å². The summed E-state index contributed by atoms with van der Waals surface area (Å²) < 4.78 is 5.79. The Morgan fingerprint density at radius 2 is 1.56 bits per heavy atom. The van der Waals surface area contributed by atoms with E-state index in [4.69, 9.17) is 27.9 Å². The van der Waals surface area contributed by atoms with Gasteiger partial charge >= 0.3 is 0 Å². The van der Waals surface area contributed by atoms with E-state index in [9.17, 15) is 0 Å². The number of aromatic nitrogens is 1. The average Bonchev–Trinajstić information content (AvgIpc) is 2.63. The van der Waals surface area contributed by atoms with Crippen molar-refractivity contribution in [3.8, 4) is 5.75 Å². The summed E-state index contributed by atoms with van der Waals surface area (Å²) in [6.07, 6.45) is 1.78. The Bertz CT molecular complexity index is 787. The predicted molar refractivity (Wildman–Crippen MR) is 102 cm³/mol. The van der Waals surface area contributed by atoms with Gasteiger partial charge in [0.1, 0.15) is 6.61 Å². The first kappa shape index (κ1) is 17.7. The summed E-state index contributed by atoms with van der Waals surface area (Å²) in [6.45, 7) is 1.76. The van der Waals surface area contributed by atoms with Crippen molar-refractivity contribution >= 4 is 23.2 Å². The molecule has 3 aromatic rings. The fourth-order valence-corrected chi connectivity index (χ4v) is 3.06. The van der Waals surface area contributed by atoms with Gasteiger partial charge in [-0.25, -0.2) is 0 Å². The van der Waals surface area contributed by atoms with Crippen molar-refractivity contribution < 1.29 is 4.74 Å². The SMILES string of the molecule is Clc1cc(CNCc2ccccn2)cc(Cl)c1OCc1ccccc1. The summed E-state index contributed by atoms with van der Waals surface area (Å²) in [5.41, 5.74) is 3.05. The zero-order valence-electron chi connectivity index (χ0n) is 13.6. The Morgan fingerprint density at radius 1 is 0.840 bits per heavy atom. The molecule has 0 bridgehead atoms. The lowest BCUT2D eigenvalue weighted by Crippen LogP contribution is -2.13. The standard InChI is InChI=1S/C20H18Cl2N2O/c21-18-10-16(12-23-13-17-8-4-5-9-24-17)11-19(22)20(18)25-14-15-6-2-1-3-7-15/h1-11,23H,12-14H2. The molecule has 0 aliphatic heterocycles. The monoisotopic (exact) mass is 372 g/mol. The van der Waals surface area contributed by atoms with E-state index >= 15 is 0 Å². The molecule has 0 amide bonds. The molecule has 1 heterocycles. The number of ether oxygens (including phenoxy) is 1. The summed E-state index contributed by atoms with van der Waals surface area (Å²) in [5, 5.41) is 4.35. The highest BCUT2D eigenvalue weighted by Gasteiger charge is 2.10. The van der Waals surface area contributed by atoms with Crippen LogP contribution in [0.1, 0.15) is 16.8 Å². The van der Waals surface area contributed by atoms with E-state index in [1.807, 2.05) is 60.7 Å². The summed E-state index contributed by atoms with van der Waals surface area (Å²) >= 11 is 12.7. The van der Waals surface area contributed by atoms with Crippen molar-refractivity contribution in [2.45, 2.75) is 19.7 Å². The molecular formula is C20H18Cl2N2O. The van der Waals surface area contributed by atoms with Crippen molar-refractivity contribution in [2.24, 2.45) is 0 Å². The van der Waals surface area contributed by atoms with Crippen LogP contribution in [0.25, 0.3) is 0 Å². The minimum atomic E-state index is 0.428. The Morgan fingerprint density at radius 3 is 2.24 bits per heavy atom. The summed E-state index contributed by atoms with van der Waals surface area (Å²) in [5.74, 6) is 0.515. The predicted octanol–water partition coefficient (Wildman–Crippen LogP) is 5.26. The first-order chi connectivity index (χ1) is 12.2. The zero-order valence-corrected chi connectivity index (χ0v) is 15.1. The topological polar surface area (TPSA) is 34.2 Å². The van der Waals surface area contributed by atoms with Gasteiger partial charge in [-0.2, -0.15) is 0 Å². The molecule has 0 saturated carbocycles. The minimum Gasteiger partial charge on any atom is -0.486 e. The van der Waals surface area contributed by atoms with E-state index in [1.54, 1.807) is 6.20 Å². The van der Waals surface area contributed by atoms with Crippen LogP contribution in [-0.2, 0) is 19.7 Å². The normalized spacial score (nSPS) is 10.6. The summed E-state index contributed by atoms with van der Waals surface area (Å²) in [4.78, 5) is 4.28. The van der Waals surface area contributed by atoms with Gasteiger partial charge in [0.15, 0.2) is 5.75 Å². The third-order valence-electron chi connectivity index (χ3n) is 3.65. The smallest absolute Gasteiger partial charge is 0.156 e. The van der Waals surface area contributed by atoms with E-state index in [1.165, 1.54) is 0 Å². The van der Waals surface area contributed by atoms with Crippen molar-refractivity contribution in [1.29, 1.82) is 0 Å². The number of nitrogens with zero attached hydrogens (tertiary/aromatic N) is 1. The van der Waals surface area contributed by atoms with Crippen LogP contribution >= 0.6 is 23.2 Å². The van der Waals surface area contributed by atoms with Crippen LogP contribution in [0.15, 0.2) is 66.9 Å². The first-order valence-corrected chi connectivity index (χ1v) is 8.73. The Kier molecular flexibility index (Phi) is 6.29. The number of rotatable bonds is 7. The zero-order chi connectivity index (χ0) is 17.5. The lowest BCUT2D eigenvalue weighted by atomic mass is 10.2. The fourth-order valence-electron chi connectivity index (χ4n) is 2.42. The quantitative estimate of drug-likeness (QED) is 0.614. The van der Waals surface area contributed by atoms with Gasteiger partial charge in [0.2, 0.25) is 0 Å². The lowest BCUT2D eigenvalue weighted by molar-refractivity contribution is 0.306. The Balaban J connectivity index is 1.59. The molecule has 0 atom stereocenters. The average molecular weight is 373 g/mol. The molecule has 5 heteroatoms. The molecule has 25 heavy (non-hydrogen) atoms. The third kappa shape index (κ3) is 5.20. The molecule has 0 saturated heterocycles. The maximum Gasteiger partial charge on any atom is 0.156 e. The molecule has 1 N–H and O–H groups in total. The van der Waals surface area contributed by atoms with Gasteiger partial charge in [-0.05, 0) is 35.4 Å². The minimum absolute atomic E-state index is 0.428. The van der Waals surface area contributed by atoms with Crippen LogP contribution in [0.2, 0.25) is 10.0 Å². The number of benzene rings is 2. The number of nitrogens with one attached hydrogen (secondary N) is 1. The van der Waals surface area contributed by atoms with Gasteiger partial charge in [0.25, 0.3) is 0 Å². The Labute approximate surface area is 157 Å². The molecule has 2 aromatic carbocycles. The van der Waals surface area contributed by atoms with E-state index in [2.05, 4.69) is 10.3 Å². The van der Waals surface area contributed by atoms with E-state index < -0.39 is 0 Å². The van der Waals surface area contributed by atoms with Gasteiger partial charge in [-0.15, -0.1) is 0 Å². The van der Waals surface area contributed by atoms with Crippen molar-refractivity contribution in [3.05, 3.63) is 93.7 Å². The number of pyridine rings is 1. The molecule has 3 nitrogen and oxygen atoms in total. The Hall–Kier alpha value is -2.07. The van der Waals surface area contributed by atoms with Gasteiger partial charge < -0.3 is 10.1 Å². The highest BCUT2D eigenvalue weighted by Crippen LogP contribution is 2.34. The molecule has 0 unspecified atom stereocenters. The molecule has 128 valence electrons. The second-order valence-electron chi connectivity index (χ2n) is 5.59. The molecule has 0 radical (unpaired) electrons. The van der Waals surface area contributed by atoms with E-state index in [0.717, 1.165) is 16.8 Å². The highest BCUT2D eigenvalue weighted by atomic mass is 35.5. The molecule has 0 fully saturated rings. The first-order valence-electron chi connectivity index (χ1n) is 7.97. The lowest BCUT2D eigenvalue weighted by Gasteiger charge is -2.12. The third-order valence-corrected chi connectivity index (χ3v) is 4.21. The number of hydrogen-bond acceptors (Lipinski definition) is 3. The van der Waals surface area contributed by atoms with E-state index in [0.29, 0.717) is 35.5 Å². The van der Waals surface area contributed by atoms with Crippen LogP contribution in [0.5, 0.6) is 5.75 Å². The number of hydrogen-bond donors (Lipinski definition) is 1. The molecular weight excluding hydrogens is 355 g/mol. The largest absolute Gasteiger partial charge is 0.486 e.